The molecular formula is C21H21N7O3. The lowest BCUT2D eigenvalue weighted by Crippen LogP contribution is -2.46. The van der Waals surface area contributed by atoms with Crippen molar-refractivity contribution in [3.05, 3.63) is 22.4 Å². The van der Waals surface area contributed by atoms with Crippen LogP contribution in [0.1, 0.15) is 55.7 Å². The largest absolute Gasteiger partial charge is 0.383 e. The summed E-state index contributed by atoms with van der Waals surface area (Å²) in [5.41, 5.74) is 1.58. The lowest BCUT2D eigenvalue weighted by molar-refractivity contribution is -0.151. The number of ether oxygens (including phenoxy) is 3. The fraction of sp³-hybridized carbons (Fsp3) is 0.524. The number of nitrogens with two attached hydrogens (primary N) is 1. The fourth-order valence-corrected chi connectivity index (χ4v) is 3.99. The van der Waals surface area contributed by atoms with E-state index in [1.54, 1.807) is 20.8 Å². The van der Waals surface area contributed by atoms with Gasteiger partial charge in [-0.2, -0.15) is 26.3 Å². The first kappa shape index (κ1) is 23.6. The van der Waals surface area contributed by atoms with Crippen molar-refractivity contribution >= 4 is 5.82 Å². The Morgan fingerprint density at radius 3 is 1.94 bits per heavy atom. The van der Waals surface area contributed by atoms with Gasteiger partial charge in [-0.3, -0.25) is 0 Å². The van der Waals surface area contributed by atoms with Crippen molar-refractivity contribution in [1.29, 1.82) is 26.3 Å². The SMILES string of the molecule is CCOC(C[C@]1(C#N)c2nc(N)c(C#N)c(C#N)c2[C@@H](OCC)C1(C#N)C#N)OCC. The van der Waals surface area contributed by atoms with Gasteiger partial charge in [0.25, 0.3) is 0 Å². The molecule has 2 N–H and O–H groups in total. The number of anilines is 1. The van der Waals surface area contributed by atoms with Crippen LogP contribution in [-0.2, 0) is 19.6 Å². The Kier molecular flexibility index (Phi) is 7.14. The van der Waals surface area contributed by atoms with Crippen LogP contribution in [0.5, 0.6) is 0 Å². The minimum atomic E-state index is -2.09. The van der Waals surface area contributed by atoms with Gasteiger partial charge in [0.2, 0.25) is 0 Å². The van der Waals surface area contributed by atoms with Crippen LogP contribution in [0, 0.1) is 62.1 Å². The Morgan fingerprint density at radius 2 is 1.52 bits per heavy atom. The van der Waals surface area contributed by atoms with Crippen LogP contribution in [0.25, 0.3) is 0 Å². The lowest BCUT2D eigenvalue weighted by Gasteiger charge is -2.35. The van der Waals surface area contributed by atoms with E-state index < -0.39 is 23.2 Å². The molecule has 10 heteroatoms. The molecule has 0 amide bonds. The standard InChI is InChI=1S/C21H21N7O3/c1-4-29-15(30-5-2)7-20(10-24)17-16(13(8-22)14(9-23)19(27)28-17)18(31-6-3)21(20,11-25)12-26/h15,18H,4-7H2,1-3H3,(H2,27,28)/t18-,20+/m1/s1. The number of hydrogen-bond acceptors (Lipinski definition) is 10. The number of pyridine rings is 1. The van der Waals surface area contributed by atoms with E-state index >= 15 is 0 Å². The normalized spacial score (nSPS) is 20.7. The van der Waals surface area contributed by atoms with E-state index in [4.69, 9.17) is 19.9 Å². The third-order valence-electron chi connectivity index (χ3n) is 5.27. The molecule has 2 rings (SSSR count). The maximum atomic E-state index is 10.4. The average Bonchev–Trinajstić information content (AvgIpc) is 2.99. The van der Waals surface area contributed by atoms with Crippen molar-refractivity contribution < 1.29 is 14.2 Å². The highest BCUT2D eigenvalue weighted by molar-refractivity contribution is 5.68. The van der Waals surface area contributed by atoms with Gasteiger partial charge in [-0.1, -0.05) is 0 Å². The second-order valence-electron chi connectivity index (χ2n) is 6.66. The van der Waals surface area contributed by atoms with Crippen molar-refractivity contribution in [2.75, 3.05) is 25.6 Å². The fourth-order valence-electron chi connectivity index (χ4n) is 3.99. The monoisotopic (exact) mass is 419 g/mol. The number of hydrogen-bond donors (Lipinski definition) is 1. The second-order valence-corrected chi connectivity index (χ2v) is 6.66. The van der Waals surface area contributed by atoms with E-state index in [2.05, 4.69) is 11.1 Å². The summed E-state index contributed by atoms with van der Waals surface area (Å²) in [5.74, 6) is -0.274. The van der Waals surface area contributed by atoms with Crippen LogP contribution in [0.2, 0.25) is 0 Å². The second kappa shape index (κ2) is 9.40. The summed E-state index contributed by atoms with van der Waals surface area (Å²) in [6, 6.07) is 9.74. The van der Waals surface area contributed by atoms with Gasteiger partial charge in [0.1, 0.15) is 35.0 Å². The Labute approximate surface area is 180 Å². The van der Waals surface area contributed by atoms with Crippen LogP contribution in [0.15, 0.2) is 0 Å². The molecule has 158 valence electrons. The summed E-state index contributed by atoms with van der Waals surface area (Å²) < 4.78 is 16.9. The molecule has 2 atom stereocenters. The first-order chi connectivity index (χ1) is 14.9. The molecule has 0 saturated heterocycles. The van der Waals surface area contributed by atoms with Crippen molar-refractivity contribution in [3.8, 4) is 30.3 Å². The van der Waals surface area contributed by atoms with Crippen molar-refractivity contribution in [3.63, 3.8) is 0 Å². The van der Waals surface area contributed by atoms with Gasteiger partial charge in [0.05, 0.1) is 29.5 Å². The van der Waals surface area contributed by atoms with Crippen LogP contribution in [0.4, 0.5) is 5.82 Å². The van der Waals surface area contributed by atoms with Crippen molar-refractivity contribution in [1.82, 2.24) is 4.98 Å². The molecule has 10 nitrogen and oxygen atoms in total. The van der Waals surface area contributed by atoms with Gasteiger partial charge >= 0.3 is 0 Å². The Morgan fingerprint density at radius 1 is 0.935 bits per heavy atom. The van der Waals surface area contributed by atoms with Crippen molar-refractivity contribution in [2.24, 2.45) is 5.41 Å². The highest BCUT2D eigenvalue weighted by atomic mass is 16.7. The highest BCUT2D eigenvalue weighted by Crippen LogP contribution is 2.61. The first-order valence-electron chi connectivity index (χ1n) is 9.64. The molecule has 1 aliphatic rings. The van der Waals surface area contributed by atoms with Gasteiger partial charge in [0, 0.05) is 31.8 Å². The topological polar surface area (TPSA) is 186 Å². The minimum Gasteiger partial charge on any atom is -0.383 e. The van der Waals surface area contributed by atoms with Crippen LogP contribution in [-0.4, -0.2) is 31.1 Å². The maximum absolute atomic E-state index is 10.4. The summed E-state index contributed by atoms with van der Waals surface area (Å²) in [7, 11) is 0. The Bertz CT molecular complexity index is 1050. The van der Waals surface area contributed by atoms with E-state index in [0.717, 1.165) is 0 Å². The number of aromatic nitrogens is 1. The number of nitrogens with zero attached hydrogens (tertiary/aromatic N) is 6. The van der Waals surface area contributed by atoms with Gasteiger partial charge in [0.15, 0.2) is 11.7 Å². The molecule has 0 fully saturated rings. The molecule has 31 heavy (non-hydrogen) atoms. The Balaban J connectivity index is 3.01. The molecule has 0 bridgehead atoms. The quantitative estimate of drug-likeness (QED) is 0.611. The average molecular weight is 419 g/mol. The smallest absolute Gasteiger partial charge is 0.198 e. The zero-order chi connectivity index (χ0) is 23.2. The maximum Gasteiger partial charge on any atom is 0.198 e. The lowest BCUT2D eigenvalue weighted by atomic mass is 9.64. The summed E-state index contributed by atoms with van der Waals surface area (Å²) in [5, 5.41) is 50.0. The molecular weight excluding hydrogens is 398 g/mol. The molecule has 0 aliphatic heterocycles. The number of rotatable bonds is 8. The van der Waals surface area contributed by atoms with E-state index in [0.29, 0.717) is 0 Å². The summed E-state index contributed by atoms with van der Waals surface area (Å²) >= 11 is 0. The van der Waals surface area contributed by atoms with Gasteiger partial charge in [-0.25, -0.2) is 4.98 Å². The minimum absolute atomic E-state index is 0.0472. The molecule has 0 spiro atoms. The molecule has 1 aliphatic carbocycles. The third kappa shape index (κ3) is 3.32. The van der Waals surface area contributed by atoms with Crippen LogP contribution >= 0.6 is 0 Å². The van der Waals surface area contributed by atoms with Crippen LogP contribution in [0.3, 0.4) is 0 Å². The Hall–Kier alpha value is -3.72. The zero-order valence-corrected chi connectivity index (χ0v) is 17.5. The zero-order valence-electron chi connectivity index (χ0n) is 17.5. The molecule has 0 saturated carbocycles. The predicted octanol–water partition coefficient (Wildman–Crippen LogP) is 2.08. The molecule has 1 aromatic rings. The number of nitriles is 5. The molecule has 1 aromatic heterocycles. The van der Waals surface area contributed by atoms with E-state index in [1.807, 2.05) is 24.3 Å². The summed E-state index contributed by atoms with van der Waals surface area (Å²) in [6.07, 6.45) is -2.47. The van der Waals surface area contributed by atoms with E-state index in [-0.39, 0.29) is 54.4 Å². The van der Waals surface area contributed by atoms with Crippen LogP contribution < -0.4 is 5.73 Å². The van der Waals surface area contributed by atoms with E-state index in [1.165, 1.54) is 0 Å². The molecule has 1 heterocycles. The van der Waals surface area contributed by atoms with E-state index in [9.17, 15) is 26.3 Å². The molecule has 0 radical (unpaired) electrons. The molecule has 0 aromatic carbocycles. The van der Waals surface area contributed by atoms with Gasteiger partial charge in [-0.15, -0.1) is 0 Å². The first-order valence-corrected chi connectivity index (χ1v) is 9.64. The van der Waals surface area contributed by atoms with Gasteiger partial charge in [-0.05, 0) is 20.8 Å². The number of nitrogen functional groups attached to an aromatic ring is 1. The third-order valence-corrected chi connectivity index (χ3v) is 5.27. The van der Waals surface area contributed by atoms with Gasteiger partial charge < -0.3 is 19.9 Å². The van der Waals surface area contributed by atoms with Crippen molar-refractivity contribution in [2.45, 2.75) is 45.0 Å². The summed E-state index contributed by atoms with van der Waals surface area (Å²) in [6.45, 7) is 5.72. The highest BCUT2D eigenvalue weighted by Gasteiger charge is 2.69. The predicted molar refractivity (Wildman–Crippen MR) is 105 cm³/mol. The molecule has 0 unspecified atom stereocenters. The number of fused-ring (bicyclic) bond motifs is 1. The summed E-state index contributed by atoms with van der Waals surface area (Å²) in [4.78, 5) is 4.24.